The molecule has 0 N–H and O–H groups in total. The minimum atomic E-state index is -0.625. The van der Waals surface area contributed by atoms with Gasteiger partial charge >= 0.3 is 0 Å². The highest BCUT2D eigenvalue weighted by molar-refractivity contribution is 6.14. The van der Waals surface area contributed by atoms with Crippen molar-refractivity contribution in [1.82, 2.24) is 4.57 Å². The fraction of sp³-hybridized carbons (Fsp3) is 0.0256. The first kappa shape index (κ1) is 44.5. The Labute approximate surface area is 468 Å². The number of furan rings is 1. The Morgan fingerprint density at radius 1 is 0.321 bits per heavy atom. The van der Waals surface area contributed by atoms with Crippen LogP contribution in [-0.4, -0.2) is 4.57 Å². The molecule has 0 saturated carbocycles. The van der Waals surface area contributed by atoms with Gasteiger partial charge in [-0.2, -0.15) is 0 Å². The van der Waals surface area contributed by atoms with Crippen LogP contribution < -0.4 is 4.90 Å². The Balaban J connectivity index is 0.918. The highest BCUT2D eigenvalue weighted by Gasteiger charge is 2.52. The largest absolute Gasteiger partial charge is 0.456 e. The van der Waals surface area contributed by atoms with E-state index >= 15 is 0 Å². The molecule has 0 bridgehead atoms. The monoisotopic (exact) mass is 1030 g/mol. The smallest absolute Gasteiger partial charge is 0.136 e. The number of aromatic nitrogens is 1. The number of fused-ring (bicyclic) bond motifs is 20. The molecule has 0 saturated heterocycles. The summed E-state index contributed by atoms with van der Waals surface area (Å²) in [7, 11) is 0. The molecule has 1 aliphatic heterocycles. The maximum absolute atomic E-state index is 6.43. The number of benzene rings is 13. The summed E-state index contributed by atoms with van der Waals surface area (Å²) < 4.78 is 8.96. The second kappa shape index (κ2) is 16.5. The van der Waals surface area contributed by atoms with E-state index in [0.717, 1.165) is 50.1 Å². The molecule has 1 unspecified atom stereocenters. The van der Waals surface area contributed by atoms with Gasteiger partial charge in [-0.1, -0.05) is 231 Å². The summed E-state index contributed by atoms with van der Waals surface area (Å²) in [6.45, 7) is 0. The highest BCUT2D eigenvalue weighted by Crippen LogP contribution is 2.63. The molecule has 3 heterocycles. The van der Waals surface area contributed by atoms with E-state index in [-0.39, 0.29) is 0 Å². The topological polar surface area (TPSA) is 21.3 Å². The summed E-state index contributed by atoms with van der Waals surface area (Å²) in [5.41, 5.74) is 25.0. The van der Waals surface area contributed by atoms with Gasteiger partial charge in [0, 0.05) is 38.6 Å². The third kappa shape index (κ3) is 5.81. The van der Waals surface area contributed by atoms with Gasteiger partial charge in [0.25, 0.3) is 0 Å². The van der Waals surface area contributed by atoms with E-state index in [0.29, 0.717) is 0 Å². The predicted molar refractivity (Wildman–Crippen MR) is 334 cm³/mol. The lowest BCUT2D eigenvalue weighted by atomic mass is 9.65. The van der Waals surface area contributed by atoms with Crippen LogP contribution >= 0.6 is 0 Å². The van der Waals surface area contributed by atoms with E-state index in [1.165, 1.54) is 105 Å². The summed E-state index contributed by atoms with van der Waals surface area (Å²) in [6, 6.07) is 109. The van der Waals surface area contributed by atoms with Gasteiger partial charge in [0.1, 0.15) is 11.2 Å². The Hall–Kier alpha value is -10.5. The van der Waals surface area contributed by atoms with Gasteiger partial charge in [-0.25, -0.2) is 0 Å². The molecule has 2 aromatic heterocycles. The number of nitrogens with zero attached hydrogens (tertiary/aromatic N) is 2. The van der Waals surface area contributed by atoms with Crippen LogP contribution in [0.3, 0.4) is 0 Å². The molecule has 2 aliphatic carbocycles. The second-order valence-electron chi connectivity index (χ2n) is 22.2. The summed E-state index contributed by atoms with van der Waals surface area (Å²) >= 11 is 0. The maximum atomic E-state index is 6.43. The average molecular weight is 1030 g/mol. The molecule has 1 atom stereocenters. The van der Waals surface area contributed by atoms with Crippen molar-refractivity contribution in [2.45, 2.75) is 10.8 Å². The fourth-order valence-electron chi connectivity index (χ4n) is 15.3. The Kier molecular flexibility index (Phi) is 9.08. The van der Waals surface area contributed by atoms with Crippen LogP contribution in [0.15, 0.2) is 296 Å². The lowest BCUT2D eigenvalue weighted by Crippen LogP contribution is -2.33. The molecule has 18 rings (SSSR count). The SMILES string of the molecule is c1ccc(C2(c3ccccc3)c3cc(N(c4ccc(-c5cccc6oc7ccccc7c56)cc4)c4ccc5c(c4)C4(c6ccccc6-5)c5ccccc5-n5c6ccccc6c6cccc4c65)ccc3-c3c2ccc2ccccc32)cc1. The molecule has 3 nitrogen and oxygen atoms in total. The number of rotatable bonds is 6. The molecule has 376 valence electrons. The Morgan fingerprint density at radius 2 is 0.889 bits per heavy atom. The van der Waals surface area contributed by atoms with E-state index < -0.39 is 10.8 Å². The molecule has 0 radical (unpaired) electrons. The molecule has 3 heteroatoms. The average Bonchev–Trinajstić information content (AvgIpc) is 3.04. The lowest BCUT2D eigenvalue weighted by Gasteiger charge is -2.40. The van der Waals surface area contributed by atoms with E-state index in [2.05, 4.69) is 295 Å². The summed E-state index contributed by atoms with van der Waals surface area (Å²) in [6.07, 6.45) is 0. The third-order valence-electron chi connectivity index (χ3n) is 18.5. The van der Waals surface area contributed by atoms with Crippen LogP contribution in [0, 0.1) is 0 Å². The zero-order valence-corrected chi connectivity index (χ0v) is 44.0. The molecule has 15 aromatic rings. The first-order valence-corrected chi connectivity index (χ1v) is 28.2. The molecule has 81 heavy (non-hydrogen) atoms. The van der Waals surface area contributed by atoms with Gasteiger partial charge in [-0.05, 0) is 149 Å². The van der Waals surface area contributed by atoms with Gasteiger partial charge in [0.2, 0.25) is 0 Å². The summed E-state index contributed by atoms with van der Waals surface area (Å²) in [5, 5.41) is 7.28. The van der Waals surface area contributed by atoms with Gasteiger partial charge in [0.05, 0.1) is 27.6 Å². The molecule has 0 fully saturated rings. The normalized spacial score (nSPS) is 15.1. The lowest BCUT2D eigenvalue weighted by molar-refractivity contribution is 0.669. The highest BCUT2D eigenvalue weighted by atomic mass is 16.3. The van der Waals surface area contributed by atoms with E-state index in [9.17, 15) is 0 Å². The Morgan fingerprint density at radius 3 is 1.69 bits per heavy atom. The number of hydrogen-bond acceptors (Lipinski definition) is 2. The standard InChI is InChI=1S/C78H48N2O/c1-3-20-51(21-4-1)77(52-22-5-2-6-23-52)66-46-39-49-19-7-8-24-56(49)74(66)62-45-43-55(48-69(62)77)79(53-40-37-50(38-41-53)57-28-18-36-73-75(57)63-27-11-16-35-72(63)81-73)54-42-44-59-58-25-9-12-30-64(58)78(68(59)47-54)65-31-13-15-34-71(65)80-70-33-14-10-26-60(70)61-29-17-32-67(78)76(61)80/h1-48H. The van der Waals surface area contributed by atoms with Crippen molar-refractivity contribution in [1.29, 1.82) is 0 Å². The van der Waals surface area contributed by atoms with E-state index in [4.69, 9.17) is 4.42 Å². The van der Waals surface area contributed by atoms with Crippen molar-refractivity contribution in [3.63, 3.8) is 0 Å². The van der Waals surface area contributed by atoms with Crippen molar-refractivity contribution >= 4 is 71.6 Å². The summed E-state index contributed by atoms with van der Waals surface area (Å²) in [5.74, 6) is 0. The van der Waals surface area contributed by atoms with Crippen molar-refractivity contribution in [3.05, 3.63) is 336 Å². The maximum Gasteiger partial charge on any atom is 0.136 e. The quantitative estimate of drug-likeness (QED) is 0.166. The van der Waals surface area contributed by atoms with Crippen molar-refractivity contribution in [2.75, 3.05) is 4.90 Å². The first-order valence-electron chi connectivity index (χ1n) is 28.2. The van der Waals surface area contributed by atoms with Crippen molar-refractivity contribution in [3.8, 4) is 39.1 Å². The van der Waals surface area contributed by atoms with Gasteiger partial charge < -0.3 is 13.9 Å². The van der Waals surface area contributed by atoms with Gasteiger partial charge in [-0.3, -0.25) is 0 Å². The summed E-state index contributed by atoms with van der Waals surface area (Å²) in [4.78, 5) is 2.52. The van der Waals surface area contributed by atoms with Crippen LogP contribution in [0.5, 0.6) is 0 Å². The molecule has 3 aliphatic rings. The molecule has 13 aromatic carbocycles. The van der Waals surface area contributed by atoms with Crippen molar-refractivity contribution < 1.29 is 4.42 Å². The van der Waals surface area contributed by atoms with Crippen LogP contribution in [0.1, 0.15) is 44.5 Å². The predicted octanol–water partition coefficient (Wildman–Crippen LogP) is 20.0. The number of para-hydroxylation sites is 4. The molecule has 0 amide bonds. The Bertz CT molecular complexity index is 5080. The van der Waals surface area contributed by atoms with Gasteiger partial charge in [-0.15, -0.1) is 0 Å². The minimum absolute atomic E-state index is 0.624. The number of anilines is 3. The van der Waals surface area contributed by atoms with E-state index in [1.54, 1.807) is 0 Å². The molecular weight excluding hydrogens is 981 g/mol. The van der Waals surface area contributed by atoms with Crippen LogP contribution in [0.25, 0.3) is 93.6 Å². The molecular formula is C78H48N2O. The van der Waals surface area contributed by atoms with Crippen LogP contribution in [0.4, 0.5) is 17.1 Å². The second-order valence-corrected chi connectivity index (χ2v) is 22.2. The fourth-order valence-corrected chi connectivity index (χ4v) is 15.3. The van der Waals surface area contributed by atoms with Gasteiger partial charge in [0.15, 0.2) is 0 Å². The van der Waals surface area contributed by atoms with Crippen LogP contribution in [-0.2, 0) is 10.8 Å². The molecule has 1 spiro atoms. The number of hydrogen-bond donors (Lipinski definition) is 0. The first-order chi connectivity index (χ1) is 40.2. The zero-order valence-electron chi connectivity index (χ0n) is 44.0. The van der Waals surface area contributed by atoms with Crippen molar-refractivity contribution in [2.24, 2.45) is 0 Å². The van der Waals surface area contributed by atoms with E-state index in [1.807, 2.05) is 6.07 Å². The van der Waals surface area contributed by atoms with Crippen LogP contribution in [0.2, 0.25) is 0 Å². The minimum Gasteiger partial charge on any atom is -0.456 e. The zero-order chi connectivity index (χ0) is 53.0. The third-order valence-corrected chi connectivity index (χ3v) is 18.5.